The van der Waals surface area contributed by atoms with Crippen molar-refractivity contribution in [3.63, 3.8) is 0 Å². The second kappa shape index (κ2) is 5.46. The number of rotatable bonds is 2. The molecule has 16 heavy (non-hydrogen) atoms. The van der Waals surface area contributed by atoms with Crippen LogP contribution in [0.2, 0.25) is 0 Å². The van der Waals surface area contributed by atoms with Crippen LogP contribution in [0, 0.1) is 5.92 Å². The monoisotopic (exact) mass is 240 g/mol. The minimum Gasteiger partial charge on any atom is -0.392 e. The van der Waals surface area contributed by atoms with Gasteiger partial charge in [-0.3, -0.25) is 4.90 Å². The lowest BCUT2D eigenvalue weighted by molar-refractivity contribution is 0.0899. The molecule has 1 heterocycles. The van der Waals surface area contributed by atoms with Gasteiger partial charge >= 0.3 is 0 Å². The number of nitrogens with two attached hydrogens (primary N) is 1. The molecule has 1 saturated heterocycles. The minimum atomic E-state index is 0.388. The first kappa shape index (κ1) is 12.3. The molecule has 0 bridgehead atoms. The third-order valence-electron chi connectivity index (χ3n) is 4.25. The van der Waals surface area contributed by atoms with Crippen LogP contribution in [0.4, 0.5) is 0 Å². The number of hydrogen-bond acceptors (Lipinski definition) is 2. The summed E-state index contributed by atoms with van der Waals surface area (Å²) in [6, 6.07) is 1.13. The van der Waals surface area contributed by atoms with E-state index in [0.29, 0.717) is 6.04 Å². The van der Waals surface area contributed by atoms with Crippen LogP contribution in [0.25, 0.3) is 0 Å². The van der Waals surface area contributed by atoms with Crippen molar-refractivity contribution in [2.24, 2.45) is 11.7 Å². The summed E-state index contributed by atoms with van der Waals surface area (Å²) in [5, 5.41) is 0. The van der Waals surface area contributed by atoms with E-state index in [4.69, 9.17) is 18.0 Å². The van der Waals surface area contributed by atoms with E-state index < -0.39 is 0 Å². The molecule has 1 saturated carbocycles. The van der Waals surface area contributed by atoms with E-state index in [-0.39, 0.29) is 0 Å². The second-order valence-electron chi connectivity index (χ2n) is 5.58. The maximum absolute atomic E-state index is 5.89. The lowest BCUT2D eigenvalue weighted by atomic mass is 9.84. The van der Waals surface area contributed by atoms with Crippen LogP contribution in [-0.4, -0.2) is 28.5 Å². The van der Waals surface area contributed by atoms with E-state index in [2.05, 4.69) is 11.8 Å². The summed E-state index contributed by atoms with van der Waals surface area (Å²) in [6.45, 7) is 3.59. The Balaban J connectivity index is 2.01. The third kappa shape index (κ3) is 2.75. The van der Waals surface area contributed by atoms with E-state index in [0.717, 1.165) is 16.9 Å². The Morgan fingerprint density at radius 2 is 2.00 bits per heavy atom. The van der Waals surface area contributed by atoms with E-state index >= 15 is 0 Å². The van der Waals surface area contributed by atoms with Gasteiger partial charge in [-0.15, -0.1) is 0 Å². The molecule has 2 fully saturated rings. The standard InChI is InChI=1S/C13H24N2S/c1-10-5-4-6-11(9-10)15-8-3-2-7-12(15)13(14)16/h10-12H,2-9H2,1H3,(H2,14,16). The highest BCUT2D eigenvalue weighted by atomic mass is 32.1. The Morgan fingerprint density at radius 1 is 1.19 bits per heavy atom. The van der Waals surface area contributed by atoms with Gasteiger partial charge in [-0.2, -0.15) is 0 Å². The molecule has 0 aromatic rings. The highest BCUT2D eigenvalue weighted by molar-refractivity contribution is 7.80. The van der Waals surface area contributed by atoms with Crippen LogP contribution in [0.1, 0.15) is 51.9 Å². The SMILES string of the molecule is CC1CCCC(N2CCCCC2C(N)=S)C1. The first-order valence-corrected chi connectivity index (χ1v) is 7.14. The molecule has 0 spiro atoms. The number of hydrogen-bond donors (Lipinski definition) is 1. The smallest absolute Gasteiger partial charge is 0.0902 e. The van der Waals surface area contributed by atoms with E-state index in [9.17, 15) is 0 Å². The summed E-state index contributed by atoms with van der Waals surface area (Å²) in [4.78, 5) is 3.33. The summed E-state index contributed by atoms with van der Waals surface area (Å²) < 4.78 is 0. The zero-order valence-corrected chi connectivity index (χ0v) is 11.1. The Kier molecular flexibility index (Phi) is 4.20. The van der Waals surface area contributed by atoms with E-state index in [1.165, 1.54) is 51.5 Å². The summed E-state index contributed by atoms with van der Waals surface area (Å²) in [7, 11) is 0. The maximum atomic E-state index is 5.89. The highest BCUT2D eigenvalue weighted by Crippen LogP contribution is 2.31. The molecular weight excluding hydrogens is 216 g/mol. The van der Waals surface area contributed by atoms with Gasteiger partial charge in [0.1, 0.15) is 0 Å². The topological polar surface area (TPSA) is 29.3 Å². The van der Waals surface area contributed by atoms with Crippen LogP contribution < -0.4 is 5.73 Å². The molecule has 2 N–H and O–H groups in total. The Bertz CT molecular complexity index is 254. The van der Waals surface area contributed by atoms with Crippen molar-refractivity contribution in [1.29, 1.82) is 0 Å². The van der Waals surface area contributed by atoms with Crippen molar-refractivity contribution < 1.29 is 0 Å². The zero-order chi connectivity index (χ0) is 11.5. The Morgan fingerprint density at radius 3 is 2.69 bits per heavy atom. The number of likely N-dealkylation sites (tertiary alicyclic amines) is 1. The van der Waals surface area contributed by atoms with Gasteiger partial charge in [-0.1, -0.05) is 38.4 Å². The van der Waals surface area contributed by atoms with Crippen molar-refractivity contribution in [3.8, 4) is 0 Å². The van der Waals surface area contributed by atoms with Gasteiger partial charge in [-0.05, 0) is 38.1 Å². The average Bonchev–Trinajstić information content (AvgIpc) is 2.29. The lowest BCUT2D eigenvalue weighted by Gasteiger charge is -2.43. The fraction of sp³-hybridized carbons (Fsp3) is 0.923. The molecule has 0 amide bonds. The van der Waals surface area contributed by atoms with Gasteiger partial charge in [-0.25, -0.2) is 0 Å². The molecule has 0 aromatic heterocycles. The highest BCUT2D eigenvalue weighted by Gasteiger charge is 2.32. The third-order valence-corrected chi connectivity index (χ3v) is 4.52. The van der Waals surface area contributed by atoms with Crippen molar-refractivity contribution in [2.45, 2.75) is 64.0 Å². The largest absolute Gasteiger partial charge is 0.392 e. The van der Waals surface area contributed by atoms with Crippen LogP contribution in [-0.2, 0) is 0 Å². The molecule has 3 unspecified atom stereocenters. The van der Waals surface area contributed by atoms with Crippen LogP contribution in [0.3, 0.4) is 0 Å². The average molecular weight is 240 g/mol. The first-order chi connectivity index (χ1) is 7.68. The molecule has 3 atom stereocenters. The normalized spacial score (nSPS) is 37.2. The molecule has 2 aliphatic rings. The van der Waals surface area contributed by atoms with Gasteiger partial charge in [0.15, 0.2) is 0 Å². The Hall–Kier alpha value is -0.150. The van der Waals surface area contributed by atoms with Crippen molar-refractivity contribution in [2.75, 3.05) is 6.54 Å². The van der Waals surface area contributed by atoms with Gasteiger partial charge in [0.05, 0.1) is 11.0 Å². The molecule has 3 heteroatoms. The quantitative estimate of drug-likeness (QED) is 0.753. The fourth-order valence-corrected chi connectivity index (χ4v) is 3.65. The first-order valence-electron chi connectivity index (χ1n) is 6.73. The number of nitrogens with zero attached hydrogens (tertiary/aromatic N) is 1. The second-order valence-corrected chi connectivity index (χ2v) is 6.05. The summed E-state index contributed by atoms with van der Waals surface area (Å²) in [5.41, 5.74) is 5.89. The molecule has 2 rings (SSSR count). The molecule has 1 aliphatic carbocycles. The van der Waals surface area contributed by atoms with Crippen molar-refractivity contribution in [1.82, 2.24) is 4.90 Å². The van der Waals surface area contributed by atoms with Gasteiger partial charge in [0.2, 0.25) is 0 Å². The van der Waals surface area contributed by atoms with Gasteiger partial charge < -0.3 is 5.73 Å². The molecule has 1 aliphatic heterocycles. The number of piperidine rings is 1. The van der Waals surface area contributed by atoms with Gasteiger partial charge in [0, 0.05) is 6.04 Å². The molecular formula is C13H24N2S. The molecule has 2 nitrogen and oxygen atoms in total. The predicted octanol–water partition coefficient (Wildman–Crippen LogP) is 2.71. The van der Waals surface area contributed by atoms with Crippen LogP contribution in [0.5, 0.6) is 0 Å². The van der Waals surface area contributed by atoms with Gasteiger partial charge in [0.25, 0.3) is 0 Å². The summed E-state index contributed by atoms with van der Waals surface area (Å²) in [6.07, 6.45) is 9.28. The van der Waals surface area contributed by atoms with Crippen molar-refractivity contribution >= 4 is 17.2 Å². The minimum absolute atomic E-state index is 0.388. The maximum Gasteiger partial charge on any atom is 0.0902 e. The molecule has 92 valence electrons. The predicted molar refractivity (Wildman–Crippen MR) is 72.6 cm³/mol. The fourth-order valence-electron chi connectivity index (χ4n) is 3.40. The van der Waals surface area contributed by atoms with E-state index in [1.54, 1.807) is 0 Å². The molecule has 0 aromatic carbocycles. The molecule has 0 radical (unpaired) electrons. The van der Waals surface area contributed by atoms with Crippen molar-refractivity contribution in [3.05, 3.63) is 0 Å². The zero-order valence-electron chi connectivity index (χ0n) is 10.3. The summed E-state index contributed by atoms with van der Waals surface area (Å²) >= 11 is 5.23. The van der Waals surface area contributed by atoms with E-state index in [1.807, 2.05) is 0 Å². The Labute approximate surface area is 105 Å². The van der Waals surface area contributed by atoms with Crippen LogP contribution >= 0.6 is 12.2 Å². The van der Waals surface area contributed by atoms with Crippen LogP contribution in [0.15, 0.2) is 0 Å². The summed E-state index contributed by atoms with van der Waals surface area (Å²) in [5.74, 6) is 0.882. The number of thiocarbonyl (C=S) groups is 1. The lowest BCUT2D eigenvalue weighted by Crippen LogP contribution is -2.52.